The Labute approximate surface area is 122 Å². The number of hydrogen-bond donors (Lipinski definition) is 0. The van der Waals surface area contributed by atoms with Crippen molar-refractivity contribution in [3.05, 3.63) is 42.5 Å². The van der Waals surface area contributed by atoms with Gasteiger partial charge >= 0.3 is 37.7 Å². The zero-order valence-electron chi connectivity index (χ0n) is 8.33. The van der Waals surface area contributed by atoms with Crippen LogP contribution < -0.4 is 14.3 Å². The summed E-state index contributed by atoms with van der Waals surface area (Å²) < 4.78 is 14.6. The van der Waals surface area contributed by atoms with Gasteiger partial charge in [-0.05, 0) is 22.9 Å². The summed E-state index contributed by atoms with van der Waals surface area (Å²) in [6, 6.07) is 12.0. The van der Waals surface area contributed by atoms with Crippen LogP contribution in [0.15, 0.2) is 42.5 Å². The second kappa shape index (κ2) is 5.50. The Morgan fingerprint density at radius 3 is 2.25 bits per heavy atom. The molecule has 0 atom stereocenters. The molecule has 16 heavy (non-hydrogen) atoms. The first kappa shape index (κ1) is 14.0. The predicted octanol–water partition coefficient (Wildman–Crippen LogP) is 0.666. The molecule has 0 heterocycles. The number of phosphoric acid groups is 1. The van der Waals surface area contributed by atoms with E-state index >= 15 is 0 Å². The second-order valence-corrected chi connectivity index (χ2v) is 4.12. The molecular weight excluding hydrogens is 255 g/mol. The molecule has 0 fully saturated rings. The summed E-state index contributed by atoms with van der Waals surface area (Å²) in [4.78, 5) is 20.8. The number of phosphoric ester groups is 1. The van der Waals surface area contributed by atoms with Crippen LogP contribution in [0.4, 0.5) is 0 Å². The summed E-state index contributed by atoms with van der Waals surface area (Å²) in [7, 11) is -4.97. The van der Waals surface area contributed by atoms with Crippen LogP contribution in [0.2, 0.25) is 0 Å². The maximum atomic E-state index is 10.4. The molecular formula is C10H7CaO4P. The summed E-state index contributed by atoms with van der Waals surface area (Å²) in [6.07, 6.45) is 0. The minimum absolute atomic E-state index is 0. The van der Waals surface area contributed by atoms with E-state index in [9.17, 15) is 14.4 Å². The van der Waals surface area contributed by atoms with E-state index < -0.39 is 7.82 Å². The van der Waals surface area contributed by atoms with E-state index in [0.717, 1.165) is 10.8 Å². The molecule has 0 unspecified atom stereocenters. The van der Waals surface area contributed by atoms with Crippen LogP contribution in [-0.4, -0.2) is 37.7 Å². The molecule has 0 radical (unpaired) electrons. The van der Waals surface area contributed by atoms with Crippen molar-refractivity contribution in [3.8, 4) is 5.75 Å². The Kier molecular flexibility index (Phi) is 4.80. The van der Waals surface area contributed by atoms with Crippen LogP contribution in [0, 0.1) is 0 Å². The molecule has 0 saturated heterocycles. The summed E-state index contributed by atoms with van der Waals surface area (Å²) in [5.74, 6) is 0.0435. The van der Waals surface area contributed by atoms with E-state index in [2.05, 4.69) is 4.52 Å². The topological polar surface area (TPSA) is 72.4 Å². The molecule has 0 bridgehead atoms. The van der Waals surface area contributed by atoms with Crippen molar-refractivity contribution in [2.45, 2.75) is 0 Å². The Bertz CT molecular complexity index is 537. The van der Waals surface area contributed by atoms with Crippen molar-refractivity contribution in [1.82, 2.24) is 0 Å². The first-order valence-electron chi connectivity index (χ1n) is 4.25. The molecule has 0 saturated carbocycles. The van der Waals surface area contributed by atoms with Gasteiger partial charge in [0.15, 0.2) is 0 Å². The largest absolute Gasteiger partial charge is 2.00 e. The zero-order valence-corrected chi connectivity index (χ0v) is 11.4. The summed E-state index contributed by atoms with van der Waals surface area (Å²) in [6.45, 7) is 0. The van der Waals surface area contributed by atoms with Gasteiger partial charge in [-0.15, -0.1) is 0 Å². The molecule has 2 rings (SSSR count). The van der Waals surface area contributed by atoms with Gasteiger partial charge in [0.2, 0.25) is 0 Å². The van der Waals surface area contributed by atoms with E-state index in [1.807, 2.05) is 24.3 Å². The van der Waals surface area contributed by atoms with Gasteiger partial charge in [-0.3, -0.25) is 0 Å². The van der Waals surface area contributed by atoms with Crippen molar-refractivity contribution < 1.29 is 18.9 Å². The van der Waals surface area contributed by atoms with Crippen LogP contribution in [-0.2, 0) is 4.57 Å². The van der Waals surface area contributed by atoms with Crippen LogP contribution in [0.5, 0.6) is 5.75 Å². The first-order chi connectivity index (χ1) is 7.04. The standard InChI is InChI=1S/C10H9O4P.Ca/c11-15(12,13)14-10-6-5-8-3-1-2-4-9(8)7-10;/h1-7H,(H2,11,12,13);/q;+2/p-2. The van der Waals surface area contributed by atoms with Crippen LogP contribution in [0.25, 0.3) is 10.8 Å². The molecule has 4 nitrogen and oxygen atoms in total. The predicted molar refractivity (Wildman–Crippen MR) is 57.9 cm³/mol. The third-order valence-corrected chi connectivity index (χ3v) is 2.37. The SMILES string of the molecule is O=P([O-])([O-])Oc1ccc2ccccc2c1.[Ca+2]. The molecule has 0 aliphatic heterocycles. The third kappa shape index (κ3) is 3.74. The van der Waals surface area contributed by atoms with Crippen molar-refractivity contribution in [2.75, 3.05) is 0 Å². The van der Waals surface area contributed by atoms with Crippen molar-refractivity contribution in [3.63, 3.8) is 0 Å². The fourth-order valence-corrected chi connectivity index (χ4v) is 1.73. The minimum Gasteiger partial charge on any atom is -0.780 e. The molecule has 6 heteroatoms. The third-order valence-electron chi connectivity index (χ3n) is 1.94. The van der Waals surface area contributed by atoms with E-state index in [1.54, 1.807) is 6.07 Å². The average Bonchev–Trinajstić information content (AvgIpc) is 2.15. The van der Waals surface area contributed by atoms with Crippen LogP contribution in [0.1, 0.15) is 0 Å². The van der Waals surface area contributed by atoms with Gasteiger partial charge in [0.25, 0.3) is 0 Å². The molecule has 0 aliphatic carbocycles. The van der Waals surface area contributed by atoms with E-state index in [1.165, 1.54) is 12.1 Å². The minimum atomic E-state index is -4.97. The molecule has 0 aromatic heterocycles. The number of benzene rings is 2. The van der Waals surface area contributed by atoms with Gasteiger partial charge in [-0.1, -0.05) is 30.3 Å². The number of fused-ring (bicyclic) bond motifs is 1. The number of rotatable bonds is 2. The maximum Gasteiger partial charge on any atom is 2.00 e. The Balaban J connectivity index is 0.00000128. The Morgan fingerprint density at radius 2 is 1.62 bits per heavy atom. The molecule has 0 N–H and O–H groups in total. The second-order valence-electron chi connectivity index (χ2n) is 3.05. The number of hydrogen-bond acceptors (Lipinski definition) is 4. The molecule has 78 valence electrons. The summed E-state index contributed by atoms with van der Waals surface area (Å²) >= 11 is 0. The van der Waals surface area contributed by atoms with E-state index in [4.69, 9.17) is 0 Å². The van der Waals surface area contributed by atoms with Crippen molar-refractivity contribution in [1.29, 1.82) is 0 Å². The van der Waals surface area contributed by atoms with Crippen LogP contribution >= 0.6 is 7.82 Å². The zero-order chi connectivity index (χ0) is 10.9. The fourth-order valence-electron chi connectivity index (χ4n) is 1.35. The normalized spacial score (nSPS) is 10.9. The Morgan fingerprint density at radius 1 is 1.00 bits per heavy atom. The quantitative estimate of drug-likeness (QED) is 0.589. The molecule has 2 aromatic rings. The van der Waals surface area contributed by atoms with Gasteiger partial charge in [-0.25, -0.2) is 0 Å². The van der Waals surface area contributed by atoms with Crippen molar-refractivity contribution in [2.24, 2.45) is 0 Å². The van der Waals surface area contributed by atoms with E-state index in [-0.39, 0.29) is 43.5 Å². The van der Waals surface area contributed by atoms with Gasteiger partial charge in [-0.2, -0.15) is 0 Å². The van der Waals surface area contributed by atoms with Crippen molar-refractivity contribution >= 4 is 56.3 Å². The smallest absolute Gasteiger partial charge is 0.780 e. The fraction of sp³-hybridized carbons (Fsp3) is 0. The van der Waals surface area contributed by atoms with E-state index in [0.29, 0.717) is 0 Å². The molecule has 0 aliphatic rings. The summed E-state index contributed by atoms with van der Waals surface area (Å²) in [5.41, 5.74) is 0. The van der Waals surface area contributed by atoms with Gasteiger partial charge in [0, 0.05) is 0 Å². The molecule has 0 spiro atoms. The Hall–Kier alpha value is -0.0903. The average molecular weight is 262 g/mol. The van der Waals surface area contributed by atoms with Gasteiger partial charge in [0.05, 0.1) is 0 Å². The molecule has 0 amide bonds. The van der Waals surface area contributed by atoms with Gasteiger partial charge in [0.1, 0.15) is 13.6 Å². The monoisotopic (exact) mass is 262 g/mol. The van der Waals surface area contributed by atoms with Gasteiger partial charge < -0.3 is 18.9 Å². The summed E-state index contributed by atoms with van der Waals surface area (Å²) in [5, 5.41) is 1.78. The maximum absolute atomic E-state index is 10.4. The molecule has 2 aromatic carbocycles. The van der Waals surface area contributed by atoms with Crippen LogP contribution in [0.3, 0.4) is 0 Å². The first-order valence-corrected chi connectivity index (χ1v) is 5.71.